The van der Waals surface area contributed by atoms with Crippen molar-refractivity contribution in [2.45, 2.75) is 32.3 Å². The van der Waals surface area contributed by atoms with Gasteiger partial charge in [-0.05, 0) is 24.1 Å². The number of aliphatic hydroxyl groups is 1. The van der Waals surface area contributed by atoms with E-state index in [1.807, 2.05) is 13.8 Å². The lowest BCUT2D eigenvalue weighted by Gasteiger charge is -2.15. The first kappa shape index (κ1) is 9.75. The molecule has 4 heteroatoms. The number of hydrogen-bond donors (Lipinski definition) is 2. The smallest absolute Gasteiger partial charge is 0.119 e. The number of rotatable bonds is 9. The molecule has 0 saturated carbocycles. The third kappa shape index (κ3) is 7.15. The van der Waals surface area contributed by atoms with Crippen molar-refractivity contribution in [1.82, 2.24) is 5.32 Å². The van der Waals surface area contributed by atoms with Crippen LogP contribution in [0.25, 0.3) is 0 Å². The highest BCUT2D eigenvalue weighted by Gasteiger charge is 2.05. The summed E-state index contributed by atoms with van der Waals surface area (Å²) in [6.07, 6.45) is -4.12. The second-order valence-corrected chi connectivity index (χ2v) is 4.35. The van der Waals surface area contributed by atoms with Gasteiger partial charge in [0.05, 0.1) is 10.7 Å². The molecular weight excluding hydrogens is 242 g/mol. The maximum atomic E-state index is 9.90. The highest BCUT2D eigenvalue weighted by Crippen LogP contribution is 2.12. The van der Waals surface area contributed by atoms with Gasteiger partial charge in [-0.2, -0.15) is 0 Å². The Morgan fingerprint density at radius 1 is 1.37 bits per heavy atom. The lowest BCUT2D eigenvalue weighted by molar-refractivity contribution is 0.104. The predicted molar refractivity (Wildman–Crippen MR) is 76.7 cm³/mol. The average molecular weight is 272 g/mol. The Bertz CT molecular complexity index is 520. The fraction of sp³-hybridized carbons (Fsp3) is 0.600. The van der Waals surface area contributed by atoms with Crippen LogP contribution in [0.4, 0.5) is 0 Å². The summed E-state index contributed by atoms with van der Waals surface area (Å²) in [6, 6.07) is 5.85. The van der Waals surface area contributed by atoms with Crippen molar-refractivity contribution in [3.05, 3.63) is 29.8 Å². The molecule has 0 aliphatic carbocycles. The monoisotopic (exact) mass is 272 g/mol. The lowest BCUT2D eigenvalue weighted by Crippen LogP contribution is -2.35. The van der Waals surface area contributed by atoms with Crippen molar-refractivity contribution in [3.63, 3.8) is 0 Å². The van der Waals surface area contributed by atoms with Crippen LogP contribution in [-0.4, -0.2) is 44.0 Å². The minimum atomic E-state index is -2.47. The molecule has 4 nitrogen and oxygen atoms in total. The fourth-order valence-electron chi connectivity index (χ4n) is 1.28. The van der Waals surface area contributed by atoms with Gasteiger partial charge in [-0.3, -0.25) is 0 Å². The van der Waals surface area contributed by atoms with Gasteiger partial charge in [0.25, 0.3) is 0 Å². The molecule has 0 spiro atoms. The van der Waals surface area contributed by atoms with Gasteiger partial charge in [-0.25, -0.2) is 0 Å². The first-order valence-electron chi connectivity index (χ1n) is 8.65. The summed E-state index contributed by atoms with van der Waals surface area (Å²) >= 11 is 0. The van der Waals surface area contributed by atoms with Gasteiger partial charge in [-0.1, -0.05) is 26.0 Å². The van der Waals surface area contributed by atoms with E-state index < -0.39 is 19.0 Å². The molecule has 1 aromatic rings. The van der Waals surface area contributed by atoms with Crippen LogP contribution in [-0.2, 0) is 11.1 Å². The van der Waals surface area contributed by atoms with Crippen molar-refractivity contribution >= 4 is 0 Å². The SMILES string of the molecule is [2H]C(O)(CNC(C)C)COc1ccc(C([2H])([2H])C([2H])([2H])OC)cc1. The largest absolute Gasteiger partial charge is 0.491 e. The Hall–Kier alpha value is -1.10. The standard InChI is InChI=1S/C15H25NO3/c1-12(2)16-10-14(17)11-19-15-6-4-13(5-7-15)8-9-18-3/h4-7,12,14,16-17H,8-11H2,1-3H3/i8D2,9D2,14D. The number of aryl methyl sites for hydroxylation is 1. The normalized spacial score (nSPS) is 19.7. The predicted octanol–water partition coefficient (Wildman–Crippen LogP) is 1.61. The second-order valence-electron chi connectivity index (χ2n) is 4.35. The zero-order valence-electron chi connectivity index (χ0n) is 16.6. The minimum Gasteiger partial charge on any atom is -0.491 e. The topological polar surface area (TPSA) is 50.7 Å². The van der Waals surface area contributed by atoms with Crippen LogP contribution in [0.1, 0.15) is 26.3 Å². The fourth-order valence-corrected chi connectivity index (χ4v) is 1.28. The second kappa shape index (κ2) is 8.91. The van der Waals surface area contributed by atoms with Gasteiger partial charge >= 0.3 is 0 Å². The maximum absolute atomic E-state index is 9.90. The van der Waals surface area contributed by atoms with Crippen molar-refractivity contribution in [3.8, 4) is 5.75 Å². The molecule has 0 heterocycles. The van der Waals surface area contributed by atoms with Crippen LogP contribution in [0, 0.1) is 0 Å². The summed E-state index contributed by atoms with van der Waals surface area (Å²) in [5.41, 5.74) is 0.101. The summed E-state index contributed by atoms with van der Waals surface area (Å²) in [4.78, 5) is 0. The molecule has 0 saturated heterocycles. The highest BCUT2D eigenvalue weighted by molar-refractivity contribution is 5.27. The Morgan fingerprint density at radius 3 is 2.63 bits per heavy atom. The summed E-state index contributed by atoms with van der Waals surface area (Å²) in [5.74, 6) is 0.350. The summed E-state index contributed by atoms with van der Waals surface area (Å²) in [6.45, 7) is 1.14. The number of ether oxygens (including phenoxy) is 2. The first-order valence-corrected chi connectivity index (χ1v) is 6.15. The van der Waals surface area contributed by atoms with E-state index in [-0.39, 0.29) is 24.8 Å². The van der Waals surface area contributed by atoms with E-state index in [2.05, 4.69) is 10.1 Å². The van der Waals surface area contributed by atoms with Gasteiger partial charge in [0.1, 0.15) is 18.4 Å². The van der Waals surface area contributed by atoms with E-state index in [4.69, 9.17) is 11.6 Å². The Morgan fingerprint density at radius 2 is 2.05 bits per heavy atom. The van der Waals surface area contributed by atoms with E-state index in [0.717, 1.165) is 7.11 Å². The van der Waals surface area contributed by atoms with Crippen LogP contribution < -0.4 is 10.1 Å². The van der Waals surface area contributed by atoms with Crippen LogP contribution >= 0.6 is 0 Å². The van der Waals surface area contributed by atoms with Crippen molar-refractivity contribution < 1.29 is 21.4 Å². The van der Waals surface area contributed by atoms with Crippen molar-refractivity contribution in [2.24, 2.45) is 0 Å². The van der Waals surface area contributed by atoms with Crippen LogP contribution in [0.15, 0.2) is 24.3 Å². The van der Waals surface area contributed by atoms with Gasteiger partial charge in [0.15, 0.2) is 0 Å². The summed E-state index contributed by atoms with van der Waals surface area (Å²) < 4.78 is 48.6. The number of benzene rings is 1. The molecule has 19 heavy (non-hydrogen) atoms. The van der Waals surface area contributed by atoms with E-state index in [1.165, 1.54) is 24.3 Å². The van der Waals surface area contributed by atoms with Gasteiger partial charge in [0, 0.05) is 22.4 Å². The summed E-state index contributed by atoms with van der Waals surface area (Å²) in [7, 11) is 1.11. The average Bonchev–Trinajstić information content (AvgIpc) is 2.51. The Balaban J connectivity index is 2.72. The first-order chi connectivity index (χ1) is 10.9. The Labute approximate surface area is 122 Å². The number of methoxy groups -OCH3 is 1. The molecule has 1 aromatic carbocycles. The molecule has 1 atom stereocenters. The van der Waals surface area contributed by atoms with Crippen molar-refractivity contribution in [2.75, 3.05) is 26.8 Å². The molecule has 1 unspecified atom stereocenters. The molecule has 0 aromatic heterocycles. The minimum absolute atomic E-state index is 0.0549. The molecule has 0 radical (unpaired) electrons. The number of nitrogens with one attached hydrogen (secondary N) is 1. The van der Waals surface area contributed by atoms with Gasteiger partial charge in [-0.15, -0.1) is 0 Å². The third-order valence-electron chi connectivity index (χ3n) is 2.27. The molecule has 0 amide bonds. The lowest BCUT2D eigenvalue weighted by atomic mass is 10.1. The summed E-state index contributed by atoms with van der Waals surface area (Å²) in [5, 5.41) is 12.9. The quantitative estimate of drug-likeness (QED) is 0.717. The molecule has 0 bridgehead atoms. The van der Waals surface area contributed by atoms with E-state index >= 15 is 0 Å². The zero-order chi connectivity index (χ0) is 18.6. The van der Waals surface area contributed by atoms with E-state index in [1.54, 1.807) is 0 Å². The highest BCUT2D eigenvalue weighted by atomic mass is 16.5. The molecule has 108 valence electrons. The van der Waals surface area contributed by atoms with Crippen molar-refractivity contribution in [1.29, 1.82) is 0 Å². The molecular formula is C15H25NO3. The van der Waals surface area contributed by atoms with Crippen LogP contribution in [0.3, 0.4) is 0 Å². The van der Waals surface area contributed by atoms with E-state index in [0.29, 0.717) is 5.75 Å². The molecule has 0 aliphatic heterocycles. The maximum Gasteiger partial charge on any atom is 0.119 e. The molecule has 2 N–H and O–H groups in total. The number of hydrogen-bond acceptors (Lipinski definition) is 4. The van der Waals surface area contributed by atoms with E-state index in [9.17, 15) is 5.11 Å². The van der Waals surface area contributed by atoms with Crippen LogP contribution in [0.5, 0.6) is 5.75 Å². The molecule has 0 aliphatic rings. The Kier molecular flexibility index (Phi) is 4.57. The third-order valence-corrected chi connectivity index (χ3v) is 2.27. The molecule has 1 rings (SSSR count). The van der Waals surface area contributed by atoms with Gasteiger partial charge < -0.3 is 19.9 Å². The molecule has 0 fully saturated rings. The van der Waals surface area contributed by atoms with Gasteiger partial charge in [0.2, 0.25) is 0 Å². The zero-order valence-corrected chi connectivity index (χ0v) is 11.6. The van der Waals surface area contributed by atoms with Crippen LogP contribution in [0.2, 0.25) is 0 Å².